The molecule has 136 valence electrons. The fraction of sp³-hybridized carbons (Fsp3) is 0.895. The van der Waals surface area contributed by atoms with Crippen LogP contribution in [-0.4, -0.2) is 23.1 Å². The zero-order valence-electron chi connectivity index (χ0n) is 16.7. The van der Waals surface area contributed by atoms with Gasteiger partial charge < -0.3 is 9.47 Å². The van der Waals surface area contributed by atoms with Gasteiger partial charge in [0, 0.05) is 0 Å². The zero-order chi connectivity index (χ0) is 18.6. The highest BCUT2D eigenvalue weighted by Crippen LogP contribution is 2.33. The Hall–Kier alpha value is -1.06. The van der Waals surface area contributed by atoms with Crippen molar-refractivity contribution in [3.8, 4) is 0 Å². The van der Waals surface area contributed by atoms with Crippen LogP contribution in [0.3, 0.4) is 0 Å². The Morgan fingerprint density at radius 3 is 1.70 bits per heavy atom. The van der Waals surface area contributed by atoms with Crippen molar-refractivity contribution >= 4 is 11.9 Å². The third kappa shape index (κ3) is 6.15. The second-order valence-electron chi connectivity index (χ2n) is 8.56. The van der Waals surface area contributed by atoms with Gasteiger partial charge in [0.2, 0.25) is 5.60 Å². The molecular weight excluding hydrogens is 292 g/mol. The molecule has 0 radical (unpaired) electrons. The van der Waals surface area contributed by atoms with E-state index in [4.69, 9.17) is 9.47 Å². The van der Waals surface area contributed by atoms with Crippen molar-refractivity contribution in [3.63, 3.8) is 0 Å². The first-order valence-corrected chi connectivity index (χ1v) is 8.65. The number of hydrogen-bond acceptors (Lipinski definition) is 4. The number of carbonyl (C=O) groups is 2. The van der Waals surface area contributed by atoms with Gasteiger partial charge in [-0.05, 0) is 59.3 Å². The van der Waals surface area contributed by atoms with E-state index in [1.165, 1.54) is 0 Å². The molecular formula is C19H36O4. The molecule has 0 saturated carbocycles. The number of esters is 2. The SMILES string of the molecule is CCC(C)(CC(C)C)C(=O)OC(C)(C)C(=O)OC(C)(C)C(C)C. The summed E-state index contributed by atoms with van der Waals surface area (Å²) in [5.41, 5.74) is -2.48. The van der Waals surface area contributed by atoms with E-state index in [0.717, 1.165) is 6.42 Å². The standard InChI is InChI=1S/C19H36O4/c1-11-19(10,12-13(2)3)16(21)23-18(8,9)15(20)22-17(6,7)14(4)5/h13-14H,11-12H2,1-10H3. The van der Waals surface area contributed by atoms with Gasteiger partial charge in [-0.25, -0.2) is 4.79 Å². The number of rotatable bonds is 8. The van der Waals surface area contributed by atoms with E-state index in [9.17, 15) is 9.59 Å². The average Bonchev–Trinajstić information content (AvgIpc) is 2.36. The predicted molar refractivity (Wildman–Crippen MR) is 93.0 cm³/mol. The molecule has 1 unspecified atom stereocenters. The fourth-order valence-electron chi connectivity index (χ4n) is 2.15. The van der Waals surface area contributed by atoms with E-state index in [2.05, 4.69) is 13.8 Å². The van der Waals surface area contributed by atoms with Gasteiger partial charge in [-0.3, -0.25) is 4.79 Å². The van der Waals surface area contributed by atoms with Crippen molar-refractivity contribution in [3.05, 3.63) is 0 Å². The van der Waals surface area contributed by atoms with Crippen molar-refractivity contribution in [2.24, 2.45) is 17.3 Å². The van der Waals surface area contributed by atoms with E-state index in [-0.39, 0.29) is 11.9 Å². The molecule has 0 fully saturated rings. The van der Waals surface area contributed by atoms with Crippen molar-refractivity contribution in [2.75, 3.05) is 0 Å². The number of hydrogen-bond donors (Lipinski definition) is 0. The average molecular weight is 328 g/mol. The third-order valence-corrected chi connectivity index (χ3v) is 4.72. The molecule has 4 nitrogen and oxygen atoms in total. The largest absolute Gasteiger partial charge is 0.456 e. The van der Waals surface area contributed by atoms with Gasteiger partial charge >= 0.3 is 11.9 Å². The van der Waals surface area contributed by atoms with Crippen LogP contribution in [0.25, 0.3) is 0 Å². The summed E-state index contributed by atoms with van der Waals surface area (Å²) in [5.74, 6) is -0.298. The highest BCUT2D eigenvalue weighted by atomic mass is 16.6. The lowest BCUT2D eigenvalue weighted by Crippen LogP contribution is -2.47. The lowest BCUT2D eigenvalue weighted by Gasteiger charge is -2.35. The van der Waals surface area contributed by atoms with E-state index in [0.29, 0.717) is 12.3 Å². The van der Waals surface area contributed by atoms with Crippen molar-refractivity contribution in [1.29, 1.82) is 0 Å². The van der Waals surface area contributed by atoms with Gasteiger partial charge in [0.15, 0.2) is 0 Å². The quantitative estimate of drug-likeness (QED) is 0.603. The van der Waals surface area contributed by atoms with Crippen LogP contribution in [0.4, 0.5) is 0 Å². The summed E-state index contributed by atoms with van der Waals surface area (Å²) in [5, 5.41) is 0. The van der Waals surface area contributed by atoms with Crippen LogP contribution in [0.2, 0.25) is 0 Å². The van der Waals surface area contributed by atoms with Crippen molar-refractivity contribution in [1.82, 2.24) is 0 Å². The van der Waals surface area contributed by atoms with Crippen LogP contribution in [0.15, 0.2) is 0 Å². The summed E-state index contributed by atoms with van der Waals surface area (Å²) in [6.07, 6.45) is 1.40. The molecule has 23 heavy (non-hydrogen) atoms. The molecule has 0 bridgehead atoms. The minimum absolute atomic E-state index is 0.166. The van der Waals surface area contributed by atoms with E-state index < -0.39 is 22.6 Å². The Balaban J connectivity index is 5.10. The van der Waals surface area contributed by atoms with Crippen LogP contribution in [-0.2, 0) is 19.1 Å². The predicted octanol–water partition coefficient (Wildman–Crippen LogP) is 4.75. The molecule has 0 aromatic heterocycles. The van der Waals surface area contributed by atoms with Crippen LogP contribution in [0.1, 0.15) is 82.1 Å². The number of carbonyl (C=O) groups excluding carboxylic acids is 2. The Kier molecular flexibility index (Phi) is 7.32. The van der Waals surface area contributed by atoms with Crippen LogP contribution < -0.4 is 0 Å². The van der Waals surface area contributed by atoms with Crippen molar-refractivity contribution in [2.45, 2.75) is 93.3 Å². The minimum Gasteiger partial charge on any atom is -0.456 e. The topological polar surface area (TPSA) is 52.6 Å². The second kappa shape index (κ2) is 7.67. The summed E-state index contributed by atoms with van der Waals surface area (Å²) in [7, 11) is 0. The normalized spacial score (nSPS) is 15.5. The maximum atomic E-state index is 12.6. The minimum atomic E-state index is -1.29. The van der Waals surface area contributed by atoms with Gasteiger partial charge in [0.1, 0.15) is 5.60 Å². The lowest BCUT2D eigenvalue weighted by molar-refractivity contribution is -0.195. The number of ether oxygens (including phenoxy) is 2. The highest BCUT2D eigenvalue weighted by Gasteiger charge is 2.43. The first kappa shape index (κ1) is 21.9. The summed E-state index contributed by atoms with van der Waals surface area (Å²) in [6, 6.07) is 0. The maximum Gasteiger partial charge on any atom is 0.350 e. The molecule has 0 aliphatic heterocycles. The first-order chi connectivity index (χ1) is 10.2. The van der Waals surface area contributed by atoms with E-state index >= 15 is 0 Å². The second-order valence-corrected chi connectivity index (χ2v) is 8.56. The molecule has 0 rings (SSSR count). The molecule has 0 N–H and O–H groups in total. The van der Waals surface area contributed by atoms with Gasteiger partial charge in [-0.1, -0.05) is 34.6 Å². The third-order valence-electron chi connectivity index (χ3n) is 4.72. The van der Waals surface area contributed by atoms with Gasteiger partial charge in [0.25, 0.3) is 0 Å². The van der Waals surface area contributed by atoms with Crippen LogP contribution in [0, 0.1) is 17.3 Å². The van der Waals surface area contributed by atoms with Crippen LogP contribution in [0.5, 0.6) is 0 Å². The van der Waals surface area contributed by atoms with E-state index in [1.54, 1.807) is 13.8 Å². The Morgan fingerprint density at radius 2 is 1.35 bits per heavy atom. The Bertz CT molecular complexity index is 421. The van der Waals surface area contributed by atoms with Gasteiger partial charge in [-0.15, -0.1) is 0 Å². The summed E-state index contributed by atoms with van der Waals surface area (Å²) in [6.45, 7) is 18.9. The highest BCUT2D eigenvalue weighted by molar-refractivity contribution is 5.84. The smallest absolute Gasteiger partial charge is 0.350 e. The van der Waals surface area contributed by atoms with E-state index in [1.807, 2.05) is 41.5 Å². The molecule has 0 aromatic carbocycles. The summed E-state index contributed by atoms with van der Waals surface area (Å²) >= 11 is 0. The lowest BCUT2D eigenvalue weighted by atomic mass is 9.79. The molecule has 0 amide bonds. The van der Waals surface area contributed by atoms with Crippen LogP contribution >= 0.6 is 0 Å². The summed E-state index contributed by atoms with van der Waals surface area (Å²) < 4.78 is 11.1. The maximum absolute atomic E-state index is 12.6. The molecule has 0 aromatic rings. The molecule has 0 aliphatic rings. The first-order valence-electron chi connectivity index (χ1n) is 8.65. The van der Waals surface area contributed by atoms with Gasteiger partial charge in [0.05, 0.1) is 5.41 Å². The van der Waals surface area contributed by atoms with Gasteiger partial charge in [-0.2, -0.15) is 0 Å². The molecule has 0 saturated heterocycles. The molecule has 4 heteroatoms. The monoisotopic (exact) mass is 328 g/mol. The molecule has 0 aliphatic carbocycles. The molecule has 0 spiro atoms. The Morgan fingerprint density at radius 1 is 0.870 bits per heavy atom. The Labute approximate surface area is 142 Å². The van der Waals surface area contributed by atoms with Crippen molar-refractivity contribution < 1.29 is 19.1 Å². The zero-order valence-corrected chi connectivity index (χ0v) is 16.7. The molecule has 1 atom stereocenters. The molecule has 0 heterocycles. The summed E-state index contributed by atoms with van der Waals surface area (Å²) in [4.78, 5) is 25.1. The fourth-order valence-corrected chi connectivity index (χ4v) is 2.15.